The number of piperidine rings is 1. The number of hydrogen-bond acceptors (Lipinski definition) is 11. The average Bonchev–Trinajstić information content (AvgIpc) is 3.39. The first-order valence-corrected chi connectivity index (χ1v) is 15.9. The molecule has 3 N–H and O–H groups in total. The Morgan fingerprint density at radius 1 is 1.02 bits per heavy atom. The van der Waals surface area contributed by atoms with Crippen LogP contribution in [0, 0.1) is 29.1 Å². The molecule has 7 rings (SSSR count). The Morgan fingerprint density at radius 2 is 1.75 bits per heavy atom. The maximum Gasteiger partial charge on any atom is 0.303 e. The third kappa shape index (κ3) is 3.41. The first-order chi connectivity index (χ1) is 21.1. The Hall–Kier alpha value is -1.67. The molecule has 15 atom stereocenters. The molecule has 44 heavy (non-hydrogen) atoms. The number of likely N-dealkylation sites (N-methyl/N-ethyl adjacent to an activating group) is 1. The van der Waals surface area contributed by atoms with Crippen molar-refractivity contribution in [2.45, 2.75) is 92.8 Å². The first kappa shape index (κ1) is 31.0. The summed E-state index contributed by atoms with van der Waals surface area (Å²) in [4.78, 5) is 15.5. The monoisotopic (exact) mass is 617 g/mol. The molecule has 5 aliphatic carbocycles. The summed E-state index contributed by atoms with van der Waals surface area (Å²) in [5.41, 5.74) is -3.91. The molecule has 0 amide bonds. The summed E-state index contributed by atoms with van der Waals surface area (Å²) in [6, 6.07) is 9.45. The second-order valence-corrected chi connectivity index (χ2v) is 13.9. The zero-order valence-electron chi connectivity index (χ0n) is 26.4. The lowest BCUT2D eigenvalue weighted by Gasteiger charge is -2.70. The molecule has 244 valence electrons. The number of rotatable bonds is 9. The number of likely N-dealkylation sites (tertiary alicyclic amines) is 1. The molecule has 6 unspecified atom stereocenters. The highest BCUT2D eigenvalue weighted by Gasteiger charge is 2.92. The van der Waals surface area contributed by atoms with Gasteiger partial charge in [0.25, 0.3) is 0 Å². The zero-order valence-corrected chi connectivity index (χ0v) is 26.4. The van der Waals surface area contributed by atoms with Gasteiger partial charge in [0, 0.05) is 77.5 Å². The second-order valence-electron chi connectivity index (χ2n) is 13.9. The van der Waals surface area contributed by atoms with Gasteiger partial charge < -0.3 is 43.7 Å². The third-order valence-corrected chi connectivity index (χ3v) is 12.9. The van der Waals surface area contributed by atoms with Gasteiger partial charge in [-0.2, -0.15) is 0 Å². The normalized spacial score (nSPS) is 51.8. The Bertz CT molecular complexity index is 1270. The Morgan fingerprint density at radius 3 is 2.34 bits per heavy atom. The number of aliphatic hydroxyl groups excluding tert-OH is 2. The van der Waals surface area contributed by atoms with Crippen LogP contribution in [0.1, 0.15) is 32.3 Å². The summed E-state index contributed by atoms with van der Waals surface area (Å²) in [6.45, 7) is 4.70. The summed E-state index contributed by atoms with van der Waals surface area (Å²) >= 11 is 0. The van der Waals surface area contributed by atoms with Gasteiger partial charge in [0.15, 0.2) is 5.60 Å². The minimum atomic E-state index is -1.60. The molecule has 1 aromatic carbocycles. The van der Waals surface area contributed by atoms with E-state index in [1.807, 2.05) is 30.3 Å². The van der Waals surface area contributed by atoms with E-state index in [9.17, 15) is 20.1 Å². The lowest BCUT2D eigenvalue weighted by Crippen LogP contribution is -2.82. The predicted molar refractivity (Wildman–Crippen MR) is 155 cm³/mol. The van der Waals surface area contributed by atoms with Gasteiger partial charge in [0.2, 0.25) is 0 Å². The number of hydrogen-bond donors (Lipinski definition) is 3. The van der Waals surface area contributed by atoms with E-state index in [0.29, 0.717) is 19.5 Å². The standard InChI is InChI=1S/C33H47NO10/c1-7-34-16-31(42-6)20(36)13-21(39-3)32-19-14-30(38)28(43-15-18-11-9-8-10-12-18)22(19)33(44-17(2)35,27(37)29(30)41-5)23(26(32)34)24(40-4)25(31)32/h8-12,19-29,36-38H,7,13-16H2,1-6H3/t19?,20-,21?,22?,23+,24+,25?,26-,27?,28?,29+,30-,31+,32+,33+/m1/s1. The van der Waals surface area contributed by atoms with Crippen molar-refractivity contribution in [1.82, 2.24) is 4.90 Å². The van der Waals surface area contributed by atoms with Gasteiger partial charge in [-0.3, -0.25) is 9.69 Å². The number of esters is 1. The van der Waals surface area contributed by atoms with Crippen LogP contribution in [0.5, 0.6) is 0 Å². The van der Waals surface area contributed by atoms with Gasteiger partial charge in [-0.05, 0) is 24.4 Å². The van der Waals surface area contributed by atoms with E-state index in [0.717, 1.165) is 5.56 Å². The largest absolute Gasteiger partial charge is 0.455 e. The highest BCUT2D eigenvalue weighted by molar-refractivity contribution is 5.67. The summed E-state index contributed by atoms with van der Waals surface area (Å²) in [5, 5.41) is 37.1. The molecule has 6 fully saturated rings. The highest BCUT2D eigenvalue weighted by atomic mass is 16.6. The lowest BCUT2D eigenvalue weighted by atomic mass is 9.44. The molecule has 5 saturated carbocycles. The highest BCUT2D eigenvalue weighted by Crippen LogP contribution is 2.79. The quantitative estimate of drug-likeness (QED) is 0.339. The van der Waals surface area contributed by atoms with Crippen LogP contribution in [0.15, 0.2) is 30.3 Å². The fourth-order valence-corrected chi connectivity index (χ4v) is 12.0. The number of fused-ring (bicyclic) bond motifs is 2. The van der Waals surface area contributed by atoms with Crippen LogP contribution in [0.2, 0.25) is 0 Å². The minimum absolute atomic E-state index is 0.216. The molecule has 1 saturated heterocycles. The van der Waals surface area contributed by atoms with E-state index in [1.54, 1.807) is 21.3 Å². The van der Waals surface area contributed by atoms with E-state index in [4.69, 9.17) is 28.4 Å². The summed E-state index contributed by atoms with van der Waals surface area (Å²) in [6.07, 6.45) is -4.62. The lowest BCUT2D eigenvalue weighted by molar-refractivity contribution is -0.333. The number of aliphatic hydroxyl groups is 3. The van der Waals surface area contributed by atoms with Crippen molar-refractivity contribution in [2.75, 3.05) is 41.5 Å². The van der Waals surface area contributed by atoms with Gasteiger partial charge in [0.1, 0.15) is 23.4 Å². The van der Waals surface area contributed by atoms with Crippen LogP contribution >= 0.6 is 0 Å². The van der Waals surface area contributed by atoms with Crippen molar-refractivity contribution >= 4 is 5.97 Å². The minimum Gasteiger partial charge on any atom is -0.455 e. The number of carbonyl (C=O) groups is 1. The summed E-state index contributed by atoms with van der Waals surface area (Å²) in [5.74, 6) is -2.48. The van der Waals surface area contributed by atoms with Crippen molar-refractivity contribution in [3.05, 3.63) is 35.9 Å². The molecule has 6 aliphatic rings. The molecule has 11 nitrogen and oxygen atoms in total. The second kappa shape index (κ2) is 10.4. The number of benzene rings is 1. The van der Waals surface area contributed by atoms with Crippen LogP contribution in [-0.2, 0) is 39.8 Å². The Balaban J connectivity index is 1.51. The van der Waals surface area contributed by atoms with Crippen LogP contribution in [-0.4, -0.2) is 127 Å². The fourth-order valence-electron chi connectivity index (χ4n) is 12.0. The Kier molecular flexibility index (Phi) is 7.33. The summed E-state index contributed by atoms with van der Waals surface area (Å²) in [7, 11) is 6.42. The number of ether oxygens (including phenoxy) is 6. The van der Waals surface area contributed by atoms with Gasteiger partial charge in [-0.1, -0.05) is 37.3 Å². The number of nitrogens with zero attached hydrogens (tertiary/aromatic N) is 1. The maximum atomic E-state index is 13.2. The first-order valence-electron chi connectivity index (χ1n) is 15.9. The van der Waals surface area contributed by atoms with Crippen molar-refractivity contribution < 1.29 is 48.5 Å². The molecule has 1 aromatic rings. The van der Waals surface area contributed by atoms with Crippen LogP contribution in [0.25, 0.3) is 0 Å². The fraction of sp³-hybridized carbons (Fsp3) is 0.788. The van der Waals surface area contributed by atoms with E-state index in [-0.39, 0.29) is 30.9 Å². The maximum absolute atomic E-state index is 13.2. The third-order valence-electron chi connectivity index (χ3n) is 12.9. The van der Waals surface area contributed by atoms with Gasteiger partial charge in [0.05, 0.1) is 31.0 Å². The molecule has 7 bridgehead atoms. The number of carbonyl (C=O) groups excluding carboxylic acids is 1. The molecular formula is C33H47NO10. The molecule has 1 spiro atoms. The molecule has 0 radical (unpaired) electrons. The van der Waals surface area contributed by atoms with Gasteiger partial charge in [-0.25, -0.2) is 0 Å². The molecular weight excluding hydrogens is 570 g/mol. The molecule has 0 aromatic heterocycles. The van der Waals surface area contributed by atoms with E-state index in [2.05, 4.69) is 11.8 Å². The van der Waals surface area contributed by atoms with Crippen molar-refractivity contribution in [3.63, 3.8) is 0 Å². The molecule has 1 heterocycles. The smallest absolute Gasteiger partial charge is 0.303 e. The van der Waals surface area contributed by atoms with Crippen LogP contribution in [0.4, 0.5) is 0 Å². The Labute approximate surface area is 258 Å². The van der Waals surface area contributed by atoms with Crippen molar-refractivity contribution in [1.29, 1.82) is 0 Å². The molecule has 11 heteroatoms. The van der Waals surface area contributed by atoms with Crippen molar-refractivity contribution in [2.24, 2.45) is 29.1 Å². The van der Waals surface area contributed by atoms with E-state index < -0.39 is 76.6 Å². The van der Waals surface area contributed by atoms with Gasteiger partial charge >= 0.3 is 5.97 Å². The van der Waals surface area contributed by atoms with Crippen LogP contribution in [0.3, 0.4) is 0 Å². The van der Waals surface area contributed by atoms with E-state index >= 15 is 0 Å². The SMILES string of the molecule is CCN1C[C@@]2(OC)C3[C@@H](OC)[C@H]4[C@@H]1[C@]3(C(OC)C[C@H]2O)C1C[C@@]2(O)C(OCc3ccccc3)C1[C@@]4(OC(C)=O)C(O)[C@@H]2OC. The average molecular weight is 618 g/mol. The van der Waals surface area contributed by atoms with Gasteiger partial charge in [-0.15, -0.1) is 0 Å². The number of methoxy groups -OCH3 is 4. The van der Waals surface area contributed by atoms with Crippen molar-refractivity contribution in [3.8, 4) is 0 Å². The topological polar surface area (TPSA) is 136 Å². The van der Waals surface area contributed by atoms with E-state index in [1.165, 1.54) is 14.0 Å². The zero-order chi connectivity index (χ0) is 31.4. The molecule has 1 aliphatic heterocycles. The summed E-state index contributed by atoms with van der Waals surface area (Å²) < 4.78 is 38.4. The van der Waals surface area contributed by atoms with Crippen LogP contribution < -0.4 is 0 Å². The predicted octanol–water partition coefficient (Wildman–Crippen LogP) is 0.760.